The number of fused-ring (bicyclic) bond motifs is 3. The molecule has 1 heterocycles. The van der Waals surface area contributed by atoms with Crippen LogP contribution in [0.3, 0.4) is 0 Å². The number of hydrogen-bond acceptors (Lipinski definition) is 5. The highest BCUT2D eigenvalue weighted by atomic mass is 16.6. The van der Waals surface area contributed by atoms with Crippen LogP contribution in [0.2, 0.25) is 0 Å². The predicted octanol–water partition coefficient (Wildman–Crippen LogP) is 4.81. The van der Waals surface area contributed by atoms with Crippen molar-refractivity contribution >= 4 is 17.0 Å². The lowest BCUT2D eigenvalue weighted by Gasteiger charge is -2.52. The van der Waals surface area contributed by atoms with Crippen LogP contribution in [-0.2, 0) is 20.7 Å². The Morgan fingerprint density at radius 2 is 1.91 bits per heavy atom. The zero-order chi connectivity index (χ0) is 23.5. The fourth-order valence-corrected chi connectivity index (χ4v) is 6.14. The molecule has 3 atom stereocenters. The second kappa shape index (κ2) is 9.88. The van der Waals surface area contributed by atoms with Gasteiger partial charge in [0.05, 0.1) is 11.0 Å². The molecule has 3 aromatic rings. The first-order valence-corrected chi connectivity index (χ1v) is 12.5. The van der Waals surface area contributed by atoms with Crippen molar-refractivity contribution in [3.8, 4) is 0 Å². The molecule has 1 saturated carbocycles. The molecule has 6 nitrogen and oxygen atoms in total. The Balaban J connectivity index is 1.23. The van der Waals surface area contributed by atoms with E-state index < -0.39 is 5.60 Å². The minimum atomic E-state index is -0.445. The fourth-order valence-electron chi connectivity index (χ4n) is 6.14. The minimum Gasteiger partial charge on any atom is -0.457 e. The summed E-state index contributed by atoms with van der Waals surface area (Å²) in [5.41, 5.74) is 4.51. The minimum absolute atomic E-state index is 0.00806. The number of rotatable bonds is 10. The van der Waals surface area contributed by atoms with Gasteiger partial charge in [-0.2, -0.15) is 0 Å². The number of para-hydroxylation sites is 2. The highest BCUT2D eigenvalue weighted by molar-refractivity contribution is 5.74. The molecule has 6 rings (SSSR count). The maximum Gasteiger partial charge on any atom is 0.332 e. The average Bonchev–Trinajstić information content (AvgIpc) is 3.26. The van der Waals surface area contributed by atoms with Crippen LogP contribution in [0.5, 0.6) is 0 Å². The summed E-state index contributed by atoms with van der Waals surface area (Å²) in [6.45, 7) is 1.88. The second-order valence-electron chi connectivity index (χ2n) is 9.99. The largest absolute Gasteiger partial charge is 0.457 e. The van der Waals surface area contributed by atoms with Crippen molar-refractivity contribution in [3.05, 3.63) is 65.5 Å². The van der Waals surface area contributed by atoms with E-state index in [9.17, 15) is 4.79 Å². The van der Waals surface area contributed by atoms with Gasteiger partial charge in [-0.1, -0.05) is 36.4 Å². The van der Waals surface area contributed by atoms with E-state index >= 15 is 0 Å². The van der Waals surface area contributed by atoms with Crippen LogP contribution in [0.15, 0.2) is 48.5 Å². The summed E-state index contributed by atoms with van der Waals surface area (Å²) in [6.07, 6.45) is 5.97. The molecule has 0 radical (unpaired) electrons. The first kappa shape index (κ1) is 23.1. The zero-order valence-electron chi connectivity index (χ0n) is 20.3. The molecule has 3 aliphatic carbocycles. The summed E-state index contributed by atoms with van der Waals surface area (Å²) >= 11 is 0. The van der Waals surface area contributed by atoms with E-state index in [1.807, 2.05) is 18.2 Å². The number of carbonyl (C=O) groups excluding carboxylic acids is 1. The quantitative estimate of drug-likeness (QED) is 0.439. The lowest BCUT2D eigenvalue weighted by molar-refractivity contribution is -0.174. The molecule has 0 amide bonds. The van der Waals surface area contributed by atoms with Crippen molar-refractivity contribution in [3.63, 3.8) is 0 Å². The van der Waals surface area contributed by atoms with Gasteiger partial charge in [-0.15, -0.1) is 0 Å². The average molecular weight is 462 g/mol. The van der Waals surface area contributed by atoms with Crippen molar-refractivity contribution in [2.75, 3.05) is 33.9 Å². The normalized spacial score (nSPS) is 23.4. The summed E-state index contributed by atoms with van der Waals surface area (Å²) in [5.74, 6) is 1.52. The van der Waals surface area contributed by atoms with Crippen molar-refractivity contribution in [2.45, 2.75) is 56.0 Å². The Morgan fingerprint density at radius 3 is 2.74 bits per heavy atom. The number of nitrogens with one attached hydrogen (secondary N) is 1. The number of carbonyl (C=O) groups is 1. The van der Waals surface area contributed by atoms with Gasteiger partial charge < -0.3 is 19.4 Å². The lowest BCUT2D eigenvalue weighted by atomic mass is 9.58. The first-order valence-electron chi connectivity index (χ1n) is 12.5. The van der Waals surface area contributed by atoms with Crippen molar-refractivity contribution in [2.24, 2.45) is 0 Å². The van der Waals surface area contributed by atoms with E-state index in [2.05, 4.69) is 47.3 Å². The molecule has 1 fully saturated rings. The van der Waals surface area contributed by atoms with Crippen molar-refractivity contribution in [1.29, 1.82) is 0 Å². The summed E-state index contributed by atoms with van der Waals surface area (Å²) < 4.78 is 11.4. The fraction of sp³-hybridized carbons (Fsp3) is 0.500. The number of hydrogen-bond donors (Lipinski definition) is 1. The van der Waals surface area contributed by atoms with Gasteiger partial charge in [0, 0.05) is 32.4 Å². The van der Waals surface area contributed by atoms with E-state index in [1.165, 1.54) is 17.5 Å². The summed E-state index contributed by atoms with van der Waals surface area (Å²) in [4.78, 5) is 23.1. The highest BCUT2D eigenvalue weighted by Crippen LogP contribution is 2.57. The van der Waals surface area contributed by atoms with Gasteiger partial charge >= 0.3 is 5.97 Å². The number of methoxy groups -OCH3 is 1. The Bertz CT molecular complexity index is 1110. The van der Waals surface area contributed by atoms with Gasteiger partial charge in [-0.3, -0.25) is 0 Å². The molecule has 34 heavy (non-hydrogen) atoms. The van der Waals surface area contributed by atoms with Crippen LogP contribution in [-0.4, -0.2) is 60.3 Å². The number of esters is 1. The first-order chi connectivity index (χ1) is 16.6. The van der Waals surface area contributed by atoms with Crippen molar-refractivity contribution in [1.82, 2.24) is 14.9 Å². The predicted molar refractivity (Wildman–Crippen MR) is 133 cm³/mol. The Labute approximate surface area is 201 Å². The molecule has 2 bridgehead atoms. The maximum absolute atomic E-state index is 12.6. The molecular weight excluding hydrogens is 426 g/mol. The molecule has 1 aromatic heterocycles. The number of aromatic amines is 1. The summed E-state index contributed by atoms with van der Waals surface area (Å²) in [6, 6.07) is 16.9. The summed E-state index contributed by atoms with van der Waals surface area (Å²) in [5, 5.41) is 0. The molecular formula is C28H35N3O3. The molecule has 6 heteroatoms. The molecule has 0 saturated heterocycles. The Hall–Kier alpha value is -2.70. The van der Waals surface area contributed by atoms with Gasteiger partial charge in [0.25, 0.3) is 0 Å². The molecule has 180 valence electrons. The van der Waals surface area contributed by atoms with Gasteiger partial charge in [0.15, 0.2) is 0 Å². The molecule has 0 unspecified atom stereocenters. The van der Waals surface area contributed by atoms with E-state index in [-0.39, 0.29) is 18.5 Å². The smallest absolute Gasteiger partial charge is 0.332 e. The number of H-pyrrole nitrogens is 1. The third-order valence-electron chi connectivity index (χ3n) is 7.73. The standard InChI is InChI=1S/C28H35N3O3/c1-31(16-7-12-26-29-24-10-5-6-11-25(24)30-26)17-15-28(34-27(32)19-33-2)18-20-13-14-23(28)22-9-4-3-8-21(20)22/h3-6,8-11,20,23H,7,12-19H2,1-2H3,(H,29,30)/t20-,23+,28+/m1/s1. The van der Waals surface area contributed by atoms with E-state index in [1.54, 1.807) is 7.11 Å². The van der Waals surface area contributed by atoms with E-state index in [0.717, 1.165) is 62.1 Å². The van der Waals surface area contributed by atoms with E-state index in [0.29, 0.717) is 5.92 Å². The number of nitrogens with zero attached hydrogens (tertiary/aromatic N) is 2. The van der Waals surface area contributed by atoms with Gasteiger partial charge in [-0.25, -0.2) is 9.78 Å². The monoisotopic (exact) mass is 461 g/mol. The Kier molecular flexibility index (Phi) is 6.70. The van der Waals surface area contributed by atoms with Crippen molar-refractivity contribution < 1.29 is 14.3 Å². The third-order valence-corrected chi connectivity index (χ3v) is 7.73. The number of benzene rings is 2. The summed E-state index contributed by atoms with van der Waals surface area (Å²) in [7, 11) is 3.71. The Morgan fingerprint density at radius 1 is 1.12 bits per heavy atom. The number of aryl methyl sites for hydroxylation is 1. The van der Waals surface area contributed by atoms with Gasteiger partial charge in [0.2, 0.25) is 0 Å². The van der Waals surface area contributed by atoms with Crippen LogP contribution >= 0.6 is 0 Å². The molecule has 3 aliphatic rings. The SMILES string of the molecule is COCC(=O)O[C@@]1(CCN(C)CCCc2nc3ccccc3[nH]2)C[C@H]2CC[C@H]1c1ccccc12. The number of imidazole rings is 1. The maximum atomic E-state index is 12.6. The van der Waals surface area contributed by atoms with Crippen LogP contribution in [0.25, 0.3) is 11.0 Å². The zero-order valence-corrected chi connectivity index (χ0v) is 20.3. The van der Waals surface area contributed by atoms with Crippen LogP contribution < -0.4 is 0 Å². The third kappa shape index (κ3) is 4.62. The van der Waals surface area contributed by atoms with Crippen LogP contribution in [0.4, 0.5) is 0 Å². The second-order valence-corrected chi connectivity index (χ2v) is 9.99. The molecule has 2 aromatic carbocycles. The van der Waals surface area contributed by atoms with Crippen LogP contribution in [0.1, 0.15) is 60.9 Å². The van der Waals surface area contributed by atoms with Crippen LogP contribution in [0, 0.1) is 0 Å². The number of ether oxygens (including phenoxy) is 2. The molecule has 1 N–H and O–H groups in total. The molecule has 0 aliphatic heterocycles. The lowest BCUT2D eigenvalue weighted by Crippen LogP contribution is -2.51. The van der Waals surface area contributed by atoms with Gasteiger partial charge in [0.1, 0.15) is 18.0 Å². The number of aromatic nitrogens is 2. The highest BCUT2D eigenvalue weighted by Gasteiger charge is 2.52. The van der Waals surface area contributed by atoms with Gasteiger partial charge in [-0.05, 0) is 68.5 Å². The molecule has 0 spiro atoms. The topological polar surface area (TPSA) is 67.5 Å². The van der Waals surface area contributed by atoms with E-state index in [4.69, 9.17) is 14.5 Å².